The minimum atomic E-state index is -0.0178. The zero-order valence-electron chi connectivity index (χ0n) is 9.36. The first kappa shape index (κ1) is 11.7. The van der Waals surface area contributed by atoms with E-state index in [-0.39, 0.29) is 11.9 Å². The first-order chi connectivity index (χ1) is 7.16. The molecular formula is C10H17N3O2. The number of amides is 1. The fraction of sp³-hybridized carbons (Fsp3) is 0.600. The van der Waals surface area contributed by atoms with Gasteiger partial charge in [-0.05, 0) is 13.8 Å². The number of nitrogens with one attached hydrogen (secondary N) is 1. The smallest absolute Gasteiger partial charge is 0.257 e. The summed E-state index contributed by atoms with van der Waals surface area (Å²) in [6, 6.07) is 0.155. The van der Waals surface area contributed by atoms with E-state index in [9.17, 15) is 4.79 Å². The Labute approximate surface area is 89.4 Å². The zero-order valence-corrected chi connectivity index (χ0v) is 9.36. The van der Waals surface area contributed by atoms with Gasteiger partial charge in [-0.1, -0.05) is 0 Å². The molecule has 1 N–H and O–H groups in total. The fourth-order valence-electron chi connectivity index (χ4n) is 1.32. The Morgan fingerprint density at radius 2 is 2.40 bits per heavy atom. The SMILES string of the molecule is COCCN(C(=O)c1cn[nH]c1)C(C)C. The van der Waals surface area contributed by atoms with Crippen molar-refractivity contribution in [3.63, 3.8) is 0 Å². The van der Waals surface area contributed by atoms with Gasteiger partial charge in [0.05, 0.1) is 18.4 Å². The monoisotopic (exact) mass is 211 g/mol. The number of aromatic amines is 1. The van der Waals surface area contributed by atoms with Crippen LogP contribution in [-0.2, 0) is 4.74 Å². The Hall–Kier alpha value is -1.36. The van der Waals surface area contributed by atoms with Gasteiger partial charge in [0.2, 0.25) is 0 Å². The number of carbonyl (C=O) groups is 1. The summed E-state index contributed by atoms with van der Waals surface area (Å²) in [5.74, 6) is -0.0178. The molecule has 0 aliphatic rings. The van der Waals surface area contributed by atoms with Crippen LogP contribution in [0.3, 0.4) is 0 Å². The number of nitrogens with zero attached hydrogens (tertiary/aromatic N) is 2. The highest BCUT2D eigenvalue weighted by atomic mass is 16.5. The number of H-pyrrole nitrogens is 1. The average molecular weight is 211 g/mol. The number of hydrogen-bond donors (Lipinski definition) is 1. The third-order valence-electron chi connectivity index (χ3n) is 2.17. The van der Waals surface area contributed by atoms with Crippen LogP contribution in [0.25, 0.3) is 0 Å². The van der Waals surface area contributed by atoms with Gasteiger partial charge in [-0.2, -0.15) is 5.10 Å². The van der Waals surface area contributed by atoms with Crippen LogP contribution >= 0.6 is 0 Å². The zero-order chi connectivity index (χ0) is 11.3. The van der Waals surface area contributed by atoms with Crippen LogP contribution < -0.4 is 0 Å². The molecule has 5 heteroatoms. The first-order valence-corrected chi connectivity index (χ1v) is 4.95. The Balaban J connectivity index is 2.67. The molecule has 0 fully saturated rings. The van der Waals surface area contributed by atoms with Crippen molar-refractivity contribution in [2.45, 2.75) is 19.9 Å². The summed E-state index contributed by atoms with van der Waals surface area (Å²) in [7, 11) is 1.63. The van der Waals surface area contributed by atoms with Crippen LogP contribution in [0.1, 0.15) is 24.2 Å². The quantitative estimate of drug-likeness (QED) is 0.787. The highest BCUT2D eigenvalue weighted by Gasteiger charge is 2.18. The summed E-state index contributed by atoms with van der Waals surface area (Å²) in [4.78, 5) is 13.7. The van der Waals surface area contributed by atoms with E-state index in [0.717, 1.165) is 0 Å². The molecule has 84 valence electrons. The van der Waals surface area contributed by atoms with Gasteiger partial charge in [-0.3, -0.25) is 9.89 Å². The van der Waals surface area contributed by atoms with E-state index < -0.39 is 0 Å². The molecular weight excluding hydrogens is 194 g/mol. The molecule has 0 aromatic carbocycles. The molecule has 1 aromatic heterocycles. The molecule has 1 rings (SSSR count). The molecule has 5 nitrogen and oxygen atoms in total. The van der Waals surface area contributed by atoms with E-state index in [1.54, 1.807) is 18.2 Å². The van der Waals surface area contributed by atoms with Crippen LogP contribution in [-0.4, -0.2) is 47.3 Å². The molecule has 15 heavy (non-hydrogen) atoms. The van der Waals surface area contributed by atoms with Crippen molar-refractivity contribution in [2.75, 3.05) is 20.3 Å². The average Bonchev–Trinajstić information content (AvgIpc) is 2.70. The predicted octanol–water partition coefficient (Wildman–Crippen LogP) is 0.907. The second-order valence-corrected chi connectivity index (χ2v) is 3.57. The lowest BCUT2D eigenvalue weighted by atomic mass is 10.2. The maximum Gasteiger partial charge on any atom is 0.257 e. The largest absolute Gasteiger partial charge is 0.383 e. The van der Waals surface area contributed by atoms with E-state index in [0.29, 0.717) is 18.7 Å². The third kappa shape index (κ3) is 3.06. The molecule has 0 radical (unpaired) electrons. The lowest BCUT2D eigenvalue weighted by Crippen LogP contribution is -2.39. The van der Waals surface area contributed by atoms with Crippen molar-refractivity contribution in [1.82, 2.24) is 15.1 Å². The third-order valence-corrected chi connectivity index (χ3v) is 2.17. The van der Waals surface area contributed by atoms with Gasteiger partial charge in [-0.15, -0.1) is 0 Å². The van der Waals surface area contributed by atoms with Crippen molar-refractivity contribution >= 4 is 5.91 Å². The number of rotatable bonds is 5. The summed E-state index contributed by atoms with van der Waals surface area (Å²) in [6.45, 7) is 5.10. The van der Waals surface area contributed by atoms with E-state index in [1.165, 1.54) is 6.20 Å². The topological polar surface area (TPSA) is 58.2 Å². The Morgan fingerprint density at radius 3 is 2.87 bits per heavy atom. The lowest BCUT2D eigenvalue weighted by molar-refractivity contribution is 0.0635. The van der Waals surface area contributed by atoms with Gasteiger partial charge < -0.3 is 9.64 Å². The van der Waals surface area contributed by atoms with Gasteiger partial charge in [-0.25, -0.2) is 0 Å². The van der Waals surface area contributed by atoms with Gasteiger partial charge >= 0.3 is 0 Å². The predicted molar refractivity (Wildman–Crippen MR) is 56.6 cm³/mol. The van der Waals surface area contributed by atoms with Crippen molar-refractivity contribution in [3.05, 3.63) is 18.0 Å². The molecule has 0 unspecified atom stereocenters. The molecule has 0 spiro atoms. The number of hydrogen-bond acceptors (Lipinski definition) is 3. The van der Waals surface area contributed by atoms with Crippen LogP contribution in [0.2, 0.25) is 0 Å². The van der Waals surface area contributed by atoms with Crippen molar-refractivity contribution in [3.8, 4) is 0 Å². The van der Waals surface area contributed by atoms with E-state index in [4.69, 9.17) is 4.74 Å². The van der Waals surface area contributed by atoms with E-state index in [2.05, 4.69) is 10.2 Å². The lowest BCUT2D eigenvalue weighted by Gasteiger charge is -2.25. The van der Waals surface area contributed by atoms with Crippen LogP contribution in [0.5, 0.6) is 0 Å². The minimum absolute atomic E-state index is 0.0178. The number of carbonyl (C=O) groups excluding carboxylic acids is 1. The molecule has 0 saturated heterocycles. The van der Waals surface area contributed by atoms with Crippen LogP contribution in [0.15, 0.2) is 12.4 Å². The molecule has 0 bridgehead atoms. The van der Waals surface area contributed by atoms with E-state index in [1.807, 2.05) is 13.8 Å². The van der Waals surface area contributed by atoms with Crippen molar-refractivity contribution < 1.29 is 9.53 Å². The standard InChI is InChI=1S/C10H17N3O2/c1-8(2)13(4-5-15-3)10(14)9-6-11-12-7-9/h6-8H,4-5H2,1-3H3,(H,11,12). The Morgan fingerprint density at radius 1 is 1.67 bits per heavy atom. The van der Waals surface area contributed by atoms with Gasteiger partial charge in [0.15, 0.2) is 0 Å². The van der Waals surface area contributed by atoms with Crippen LogP contribution in [0.4, 0.5) is 0 Å². The minimum Gasteiger partial charge on any atom is -0.383 e. The Bertz CT molecular complexity index is 296. The molecule has 1 aromatic rings. The molecule has 0 aliphatic heterocycles. The Kier molecular flexibility index (Phi) is 4.30. The van der Waals surface area contributed by atoms with Gasteiger partial charge in [0, 0.05) is 25.9 Å². The first-order valence-electron chi connectivity index (χ1n) is 4.95. The van der Waals surface area contributed by atoms with Gasteiger partial charge in [0.1, 0.15) is 0 Å². The highest BCUT2D eigenvalue weighted by Crippen LogP contribution is 2.06. The molecule has 0 saturated carbocycles. The molecule has 1 amide bonds. The molecule has 1 heterocycles. The number of methoxy groups -OCH3 is 1. The van der Waals surface area contributed by atoms with Crippen molar-refractivity contribution in [2.24, 2.45) is 0 Å². The van der Waals surface area contributed by atoms with Crippen LogP contribution in [0, 0.1) is 0 Å². The second-order valence-electron chi connectivity index (χ2n) is 3.57. The maximum atomic E-state index is 12.0. The summed E-state index contributed by atoms with van der Waals surface area (Å²) in [6.07, 6.45) is 3.13. The summed E-state index contributed by atoms with van der Waals surface area (Å²) in [5, 5.41) is 6.39. The second kappa shape index (κ2) is 5.50. The summed E-state index contributed by atoms with van der Waals surface area (Å²) < 4.78 is 4.97. The van der Waals surface area contributed by atoms with Gasteiger partial charge in [0.25, 0.3) is 5.91 Å². The van der Waals surface area contributed by atoms with Crippen molar-refractivity contribution in [1.29, 1.82) is 0 Å². The maximum absolute atomic E-state index is 12.0. The van der Waals surface area contributed by atoms with E-state index >= 15 is 0 Å². The summed E-state index contributed by atoms with van der Waals surface area (Å²) in [5.41, 5.74) is 0.583. The fourth-order valence-corrected chi connectivity index (χ4v) is 1.32. The molecule has 0 atom stereocenters. The highest BCUT2D eigenvalue weighted by molar-refractivity contribution is 5.93. The number of ether oxygens (including phenoxy) is 1. The molecule has 0 aliphatic carbocycles. The number of aromatic nitrogens is 2. The normalized spacial score (nSPS) is 10.7. The summed E-state index contributed by atoms with van der Waals surface area (Å²) >= 11 is 0.